The predicted molar refractivity (Wildman–Crippen MR) is 76.0 cm³/mol. The molecule has 2 heterocycles. The van der Waals surface area contributed by atoms with Gasteiger partial charge in [0.2, 0.25) is 0 Å². The van der Waals surface area contributed by atoms with E-state index in [9.17, 15) is 4.79 Å². The minimum absolute atomic E-state index is 0.0754. The molecule has 0 bridgehead atoms. The molecule has 0 unspecified atom stereocenters. The third-order valence-corrected chi connectivity index (χ3v) is 4.13. The van der Waals surface area contributed by atoms with Gasteiger partial charge in [0.1, 0.15) is 16.0 Å². The van der Waals surface area contributed by atoms with Crippen molar-refractivity contribution in [2.45, 2.75) is 52.8 Å². The van der Waals surface area contributed by atoms with E-state index in [1.807, 2.05) is 34.6 Å². The molecule has 106 valence electrons. The van der Waals surface area contributed by atoms with Gasteiger partial charge in [-0.25, -0.2) is 9.78 Å². The van der Waals surface area contributed by atoms with Crippen molar-refractivity contribution >= 4 is 22.0 Å². The van der Waals surface area contributed by atoms with Crippen LogP contribution in [-0.4, -0.2) is 32.7 Å². The topological polar surface area (TPSA) is 47.4 Å². The lowest BCUT2D eigenvalue weighted by atomic mass is 10.2. The summed E-state index contributed by atoms with van der Waals surface area (Å²) in [4.78, 5) is 18.4. The average molecular weight is 330 g/mol. The third-order valence-electron chi connectivity index (χ3n) is 3.13. The maximum absolute atomic E-state index is 12.2. The highest BCUT2D eigenvalue weighted by Gasteiger charge is 2.33. The maximum Gasteiger partial charge on any atom is 0.410 e. The summed E-state index contributed by atoms with van der Waals surface area (Å²) in [7, 11) is 0. The van der Waals surface area contributed by atoms with Crippen molar-refractivity contribution in [1.82, 2.24) is 14.5 Å². The zero-order valence-corrected chi connectivity index (χ0v) is 13.6. The van der Waals surface area contributed by atoms with E-state index in [-0.39, 0.29) is 12.1 Å². The molecule has 0 saturated heterocycles. The molecule has 0 aliphatic carbocycles. The van der Waals surface area contributed by atoms with Crippen molar-refractivity contribution < 1.29 is 9.53 Å². The largest absolute Gasteiger partial charge is 0.444 e. The molecule has 1 aliphatic heterocycles. The molecule has 6 heteroatoms. The number of rotatable bonds is 0. The monoisotopic (exact) mass is 329 g/mol. The Kier molecular flexibility index (Phi) is 3.64. The normalized spacial score (nSPS) is 19.3. The molecule has 0 saturated carbocycles. The summed E-state index contributed by atoms with van der Waals surface area (Å²) in [5.74, 6) is 0.904. The second-order valence-electron chi connectivity index (χ2n) is 5.85. The van der Waals surface area contributed by atoms with Crippen molar-refractivity contribution in [2.75, 3.05) is 6.54 Å². The zero-order chi connectivity index (χ0) is 14.4. The van der Waals surface area contributed by atoms with Gasteiger partial charge < -0.3 is 9.30 Å². The van der Waals surface area contributed by atoms with Gasteiger partial charge in [-0.2, -0.15) is 0 Å². The summed E-state index contributed by atoms with van der Waals surface area (Å²) in [5.41, 5.74) is 0.480. The van der Waals surface area contributed by atoms with E-state index in [0.29, 0.717) is 6.54 Å². The lowest BCUT2D eigenvalue weighted by molar-refractivity contribution is 0.0120. The van der Waals surface area contributed by atoms with E-state index in [1.54, 1.807) is 4.90 Å². The molecule has 0 N–H and O–H groups in total. The molecular formula is C13H20BrN3O2. The molecule has 1 aromatic rings. The highest BCUT2D eigenvalue weighted by molar-refractivity contribution is 9.10. The van der Waals surface area contributed by atoms with Gasteiger partial charge in [0.05, 0.1) is 11.7 Å². The SMILES string of the molecule is Cc1nc2n(c1Br)CCN(C(=O)OC(C)(C)C)[C@H]2C. The van der Waals surface area contributed by atoms with Crippen LogP contribution in [0.1, 0.15) is 45.3 Å². The number of hydrogen-bond donors (Lipinski definition) is 0. The van der Waals surface area contributed by atoms with Crippen molar-refractivity contribution in [3.63, 3.8) is 0 Å². The van der Waals surface area contributed by atoms with Crippen LogP contribution in [0.4, 0.5) is 4.79 Å². The molecule has 0 radical (unpaired) electrons. The fraction of sp³-hybridized carbons (Fsp3) is 0.692. The highest BCUT2D eigenvalue weighted by Crippen LogP contribution is 2.30. The van der Waals surface area contributed by atoms with Gasteiger partial charge in [-0.15, -0.1) is 0 Å². The second-order valence-corrected chi connectivity index (χ2v) is 6.60. The van der Waals surface area contributed by atoms with Gasteiger partial charge in [0.25, 0.3) is 0 Å². The van der Waals surface area contributed by atoms with Crippen LogP contribution in [0.3, 0.4) is 0 Å². The quantitative estimate of drug-likeness (QED) is 0.733. The number of fused-ring (bicyclic) bond motifs is 1. The minimum atomic E-state index is -0.472. The first-order valence-electron chi connectivity index (χ1n) is 6.43. The first-order valence-corrected chi connectivity index (χ1v) is 7.22. The Morgan fingerprint density at radius 1 is 1.42 bits per heavy atom. The van der Waals surface area contributed by atoms with Gasteiger partial charge in [0.15, 0.2) is 0 Å². The van der Waals surface area contributed by atoms with Crippen molar-refractivity contribution in [2.24, 2.45) is 0 Å². The molecule has 0 spiro atoms. The second kappa shape index (κ2) is 4.81. The fourth-order valence-corrected chi connectivity index (χ4v) is 2.66. The van der Waals surface area contributed by atoms with Gasteiger partial charge in [-0.05, 0) is 50.5 Å². The van der Waals surface area contributed by atoms with Crippen molar-refractivity contribution in [3.05, 3.63) is 16.1 Å². The van der Waals surface area contributed by atoms with Crippen LogP contribution in [0.5, 0.6) is 0 Å². The molecule has 0 aromatic carbocycles. The molecule has 5 nitrogen and oxygen atoms in total. The summed E-state index contributed by atoms with van der Waals surface area (Å²) in [5, 5.41) is 0. The molecule has 1 amide bonds. The molecule has 19 heavy (non-hydrogen) atoms. The number of aromatic nitrogens is 2. The van der Waals surface area contributed by atoms with Crippen molar-refractivity contribution in [1.29, 1.82) is 0 Å². The van der Waals surface area contributed by atoms with Crippen LogP contribution in [0.2, 0.25) is 0 Å². The number of carbonyl (C=O) groups excluding carboxylic acids is 1. The van der Waals surface area contributed by atoms with E-state index in [2.05, 4.69) is 25.5 Å². The summed E-state index contributed by atoms with van der Waals surface area (Å²) in [6, 6.07) is -0.0754. The fourth-order valence-electron chi connectivity index (χ4n) is 2.22. The van der Waals surface area contributed by atoms with Crippen LogP contribution >= 0.6 is 15.9 Å². The Morgan fingerprint density at radius 3 is 2.63 bits per heavy atom. The van der Waals surface area contributed by atoms with Gasteiger partial charge in [-0.3, -0.25) is 4.90 Å². The predicted octanol–water partition coefficient (Wildman–Crippen LogP) is 3.27. The first-order chi connectivity index (χ1) is 8.70. The lowest BCUT2D eigenvalue weighted by Crippen LogP contribution is -2.43. The minimum Gasteiger partial charge on any atom is -0.444 e. The number of halogens is 1. The van der Waals surface area contributed by atoms with E-state index >= 15 is 0 Å². The smallest absolute Gasteiger partial charge is 0.410 e. The first kappa shape index (κ1) is 14.4. The van der Waals surface area contributed by atoms with E-state index in [1.165, 1.54) is 0 Å². The summed E-state index contributed by atoms with van der Waals surface area (Å²) >= 11 is 3.53. The number of ether oxygens (including phenoxy) is 1. The van der Waals surface area contributed by atoms with Gasteiger partial charge >= 0.3 is 6.09 Å². The molecule has 1 aliphatic rings. The Morgan fingerprint density at radius 2 is 2.05 bits per heavy atom. The van der Waals surface area contributed by atoms with Crippen LogP contribution in [-0.2, 0) is 11.3 Å². The van der Waals surface area contributed by atoms with E-state index in [0.717, 1.165) is 22.7 Å². The summed E-state index contributed by atoms with van der Waals surface area (Å²) < 4.78 is 8.55. The number of hydrogen-bond acceptors (Lipinski definition) is 3. The van der Waals surface area contributed by atoms with Crippen LogP contribution < -0.4 is 0 Å². The van der Waals surface area contributed by atoms with Crippen LogP contribution in [0.25, 0.3) is 0 Å². The van der Waals surface area contributed by atoms with Crippen LogP contribution in [0, 0.1) is 6.92 Å². The highest BCUT2D eigenvalue weighted by atomic mass is 79.9. The molecule has 2 rings (SSSR count). The van der Waals surface area contributed by atoms with Crippen LogP contribution in [0.15, 0.2) is 4.60 Å². The Hall–Kier alpha value is -1.04. The number of amides is 1. The molecule has 1 atom stereocenters. The van der Waals surface area contributed by atoms with Gasteiger partial charge in [-0.1, -0.05) is 0 Å². The summed E-state index contributed by atoms with van der Waals surface area (Å²) in [6.45, 7) is 10.9. The average Bonchev–Trinajstić information content (AvgIpc) is 2.55. The van der Waals surface area contributed by atoms with Gasteiger partial charge in [0, 0.05) is 13.1 Å². The Balaban J connectivity index is 2.22. The number of imidazole rings is 1. The third kappa shape index (κ3) is 2.78. The lowest BCUT2D eigenvalue weighted by Gasteiger charge is -2.35. The standard InChI is InChI=1S/C13H20BrN3O2/c1-8-10(14)17-7-6-16(9(2)11(17)15-8)12(18)19-13(3,4)5/h9H,6-7H2,1-5H3/t9-/m0/s1. The van der Waals surface area contributed by atoms with E-state index in [4.69, 9.17) is 4.74 Å². The molecular weight excluding hydrogens is 310 g/mol. The number of aryl methyl sites for hydroxylation is 1. The number of nitrogens with zero attached hydrogens (tertiary/aromatic N) is 3. The Labute approximate surface area is 122 Å². The van der Waals surface area contributed by atoms with Crippen molar-refractivity contribution in [3.8, 4) is 0 Å². The maximum atomic E-state index is 12.2. The van der Waals surface area contributed by atoms with E-state index < -0.39 is 5.60 Å². The Bertz CT molecular complexity index is 505. The summed E-state index contributed by atoms with van der Waals surface area (Å²) in [6.07, 6.45) is -0.275. The number of carbonyl (C=O) groups is 1. The molecule has 0 fully saturated rings. The zero-order valence-electron chi connectivity index (χ0n) is 12.0. The molecule has 1 aromatic heterocycles.